The number of ether oxygens (including phenoxy) is 1. The maximum atomic E-state index is 11.3. The third kappa shape index (κ3) is 5.41. The highest BCUT2D eigenvalue weighted by molar-refractivity contribution is 5.75. The number of nitrogens with zero attached hydrogens (tertiary/aromatic N) is 3. The van der Waals surface area contributed by atoms with Crippen molar-refractivity contribution in [2.24, 2.45) is 5.73 Å². The van der Waals surface area contributed by atoms with Crippen LogP contribution in [0.1, 0.15) is 11.3 Å². The molecule has 1 atom stereocenters. The molecule has 1 aromatic rings. The molecule has 1 saturated heterocycles. The van der Waals surface area contributed by atoms with E-state index in [1.165, 1.54) is 0 Å². The highest BCUT2D eigenvalue weighted by atomic mass is 16.5. The lowest BCUT2D eigenvalue weighted by molar-refractivity contribution is -0.120. The monoisotopic (exact) mass is 292 g/mol. The van der Waals surface area contributed by atoms with Crippen molar-refractivity contribution >= 4 is 5.91 Å². The van der Waals surface area contributed by atoms with Crippen molar-refractivity contribution in [2.75, 3.05) is 39.8 Å². The first kappa shape index (κ1) is 15.9. The van der Waals surface area contributed by atoms with Gasteiger partial charge in [0.05, 0.1) is 24.9 Å². The molecule has 1 aliphatic rings. The Morgan fingerprint density at radius 3 is 3.00 bits per heavy atom. The average Bonchev–Trinajstić information content (AvgIpc) is 2.40. The largest absolute Gasteiger partial charge is 0.374 e. The summed E-state index contributed by atoms with van der Waals surface area (Å²) in [7, 11) is 2.08. The Hall–Kier alpha value is -1.50. The normalized spacial score (nSPS) is 19.9. The van der Waals surface area contributed by atoms with Crippen LogP contribution in [0.3, 0.4) is 0 Å². The van der Waals surface area contributed by atoms with Crippen molar-refractivity contribution in [3.63, 3.8) is 0 Å². The van der Waals surface area contributed by atoms with Gasteiger partial charge in [-0.25, -0.2) is 0 Å². The SMILES string of the molecule is Cc1ccc(CN(CC(N)=O)C[C@H]2CN(C)CCO2)nc1. The van der Waals surface area contributed by atoms with Crippen LogP contribution < -0.4 is 5.73 Å². The smallest absolute Gasteiger partial charge is 0.231 e. The fraction of sp³-hybridized carbons (Fsp3) is 0.600. The standard InChI is InChI=1S/C15H24N4O2/c1-12-3-4-13(17-7-12)8-19(11-15(16)20)10-14-9-18(2)5-6-21-14/h3-4,7,14H,5-6,8-11H2,1-2H3,(H2,16,20)/t14-/m1/s1. The van der Waals surface area contributed by atoms with Crippen LogP contribution in [0.5, 0.6) is 0 Å². The minimum absolute atomic E-state index is 0.105. The molecule has 0 radical (unpaired) electrons. The van der Waals surface area contributed by atoms with Crippen LogP contribution in [0, 0.1) is 6.92 Å². The van der Waals surface area contributed by atoms with Crippen LogP contribution in [0.4, 0.5) is 0 Å². The van der Waals surface area contributed by atoms with Crippen LogP contribution in [0.25, 0.3) is 0 Å². The van der Waals surface area contributed by atoms with Crippen LogP contribution in [0.15, 0.2) is 18.3 Å². The van der Waals surface area contributed by atoms with Crippen LogP contribution in [-0.4, -0.2) is 66.6 Å². The Balaban J connectivity index is 1.96. The van der Waals surface area contributed by atoms with E-state index in [1.807, 2.05) is 30.2 Å². The number of carbonyl (C=O) groups excluding carboxylic acids is 1. The third-order valence-corrected chi connectivity index (χ3v) is 3.54. The maximum absolute atomic E-state index is 11.3. The topological polar surface area (TPSA) is 71.7 Å². The van der Waals surface area contributed by atoms with Gasteiger partial charge in [-0.1, -0.05) is 6.07 Å². The lowest BCUT2D eigenvalue weighted by atomic mass is 10.2. The molecule has 1 fully saturated rings. The van der Waals surface area contributed by atoms with Crippen LogP contribution in [0.2, 0.25) is 0 Å². The van der Waals surface area contributed by atoms with E-state index in [-0.39, 0.29) is 18.6 Å². The van der Waals surface area contributed by atoms with Gasteiger partial charge in [0.25, 0.3) is 0 Å². The molecule has 116 valence electrons. The van der Waals surface area contributed by atoms with E-state index in [9.17, 15) is 4.79 Å². The van der Waals surface area contributed by atoms with Crippen molar-refractivity contribution in [2.45, 2.75) is 19.6 Å². The molecule has 1 amide bonds. The summed E-state index contributed by atoms with van der Waals surface area (Å²) < 4.78 is 5.76. The number of rotatable bonds is 6. The molecule has 0 spiro atoms. The zero-order chi connectivity index (χ0) is 15.2. The molecule has 6 heteroatoms. The van der Waals surface area contributed by atoms with Crippen molar-refractivity contribution in [3.8, 4) is 0 Å². The molecular weight excluding hydrogens is 268 g/mol. The predicted octanol–water partition coefficient (Wildman–Crippen LogP) is 0.00792. The predicted molar refractivity (Wildman–Crippen MR) is 80.7 cm³/mol. The minimum atomic E-state index is -0.328. The van der Waals surface area contributed by atoms with Gasteiger partial charge in [-0.2, -0.15) is 0 Å². The number of aryl methyl sites for hydroxylation is 1. The molecule has 1 aromatic heterocycles. The maximum Gasteiger partial charge on any atom is 0.231 e. The number of carbonyl (C=O) groups is 1. The number of primary amides is 1. The Morgan fingerprint density at radius 1 is 1.57 bits per heavy atom. The van der Waals surface area contributed by atoms with Gasteiger partial charge in [0.1, 0.15) is 0 Å². The second-order valence-electron chi connectivity index (χ2n) is 5.72. The molecule has 1 aliphatic heterocycles. The summed E-state index contributed by atoms with van der Waals surface area (Å²) in [4.78, 5) is 19.9. The summed E-state index contributed by atoms with van der Waals surface area (Å²) in [6.07, 6.45) is 1.94. The van der Waals surface area contributed by atoms with Crippen LogP contribution in [-0.2, 0) is 16.1 Å². The van der Waals surface area contributed by atoms with Gasteiger partial charge in [-0.15, -0.1) is 0 Å². The summed E-state index contributed by atoms with van der Waals surface area (Å²) in [5, 5.41) is 0. The molecule has 2 heterocycles. The highest BCUT2D eigenvalue weighted by Crippen LogP contribution is 2.09. The fourth-order valence-electron chi connectivity index (χ4n) is 2.49. The van der Waals surface area contributed by atoms with Gasteiger partial charge >= 0.3 is 0 Å². The van der Waals surface area contributed by atoms with Gasteiger partial charge in [0.2, 0.25) is 5.91 Å². The fourth-order valence-corrected chi connectivity index (χ4v) is 2.49. The van der Waals surface area contributed by atoms with E-state index in [0.29, 0.717) is 13.1 Å². The Kier molecular flexibility index (Phi) is 5.67. The third-order valence-electron chi connectivity index (χ3n) is 3.54. The second-order valence-corrected chi connectivity index (χ2v) is 5.72. The Labute approximate surface area is 125 Å². The van der Waals surface area contributed by atoms with Gasteiger partial charge in [-0.3, -0.25) is 14.7 Å². The lowest BCUT2D eigenvalue weighted by Crippen LogP contribution is -2.47. The molecule has 6 nitrogen and oxygen atoms in total. The van der Waals surface area contributed by atoms with Crippen molar-refractivity contribution in [3.05, 3.63) is 29.6 Å². The zero-order valence-electron chi connectivity index (χ0n) is 12.8. The summed E-state index contributed by atoms with van der Waals surface area (Å²) >= 11 is 0. The number of pyridine rings is 1. The molecule has 21 heavy (non-hydrogen) atoms. The summed E-state index contributed by atoms with van der Waals surface area (Å²) in [6, 6.07) is 4.01. The number of morpholine rings is 1. The van der Waals surface area contributed by atoms with Gasteiger partial charge in [0, 0.05) is 32.4 Å². The van der Waals surface area contributed by atoms with Crippen molar-refractivity contribution in [1.82, 2.24) is 14.8 Å². The van der Waals surface area contributed by atoms with E-state index in [0.717, 1.165) is 31.0 Å². The Bertz CT molecular complexity index is 463. The minimum Gasteiger partial charge on any atom is -0.374 e. The number of amides is 1. The number of aromatic nitrogens is 1. The molecule has 0 saturated carbocycles. The molecule has 0 bridgehead atoms. The lowest BCUT2D eigenvalue weighted by Gasteiger charge is -2.33. The number of nitrogens with two attached hydrogens (primary N) is 1. The van der Waals surface area contributed by atoms with E-state index in [2.05, 4.69) is 16.9 Å². The van der Waals surface area contributed by atoms with Gasteiger partial charge in [0.15, 0.2) is 0 Å². The number of likely N-dealkylation sites (N-methyl/N-ethyl adjacent to an activating group) is 1. The van der Waals surface area contributed by atoms with E-state index in [1.54, 1.807) is 0 Å². The van der Waals surface area contributed by atoms with E-state index >= 15 is 0 Å². The van der Waals surface area contributed by atoms with E-state index in [4.69, 9.17) is 10.5 Å². The number of hydrogen-bond donors (Lipinski definition) is 1. The zero-order valence-corrected chi connectivity index (χ0v) is 12.8. The molecular formula is C15H24N4O2. The summed E-state index contributed by atoms with van der Waals surface area (Å²) in [6.45, 7) is 6.06. The number of hydrogen-bond acceptors (Lipinski definition) is 5. The molecule has 0 aromatic carbocycles. The van der Waals surface area contributed by atoms with Crippen molar-refractivity contribution in [1.29, 1.82) is 0 Å². The second kappa shape index (κ2) is 7.49. The first-order chi connectivity index (χ1) is 10.0. The Morgan fingerprint density at radius 2 is 2.38 bits per heavy atom. The van der Waals surface area contributed by atoms with Crippen molar-refractivity contribution < 1.29 is 9.53 Å². The molecule has 2 N–H and O–H groups in total. The molecule has 2 rings (SSSR count). The first-order valence-corrected chi connectivity index (χ1v) is 7.25. The van der Waals surface area contributed by atoms with E-state index < -0.39 is 0 Å². The van der Waals surface area contributed by atoms with Gasteiger partial charge in [-0.05, 0) is 25.6 Å². The quantitative estimate of drug-likeness (QED) is 0.799. The van der Waals surface area contributed by atoms with Crippen LogP contribution >= 0.6 is 0 Å². The summed E-state index contributed by atoms with van der Waals surface area (Å²) in [5.41, 5.74) is 7.41. The highest BCUT2D eigenvalue weighted by Gasteiger charge is 2.21. The molecule has 0 aliphatic carbocycles. The van der Waals surface area contributed by atoms with Gasteiger partial charge < -0.3 is 15.4 Å². The average molecular weight is 292 g/mol. The molecule has 0 unspecified atom stereocenters. The summed E-state index contributed by atoms with van der Waals surface area (Å²) in [5.74, 6) is -0.328. The first-order valence-electron chi connectivity index (χ1n) is 7.25.